The molecule has 44 heavy (non-hydrogen) atoms. The van der Waals surface area contributed by atoms with Crippen LogP contribution in [-0.4, -0.2) is 74.3 Å². The first kappa shape index (κ1) is 41.8. The summed E-state index contributed by atoms with van der Waals surface area (Å²) in [5.74, 6) is -0.342. The Bertz CT molecular complexity index is 1340. The van der Waals surface area contributed by atoms with E-state index in [0.29, 0.717) is 61.1 Å². The van der Waals surface area contributed by atoms with Crippen molar-refractivity contribution < 1.29 is 53.0 Å². The van der Waals surface area contributed by atoms with Crippen molar-refractivity contribution in [3.05, 3.63) is 51.9 Å². The van der Waals surface area contributed by atoms with E-state index in [1.807, 2.05) is 6.92 Å². The average molecular weight is 625 g/mol. The molecule has 0 aliphatic heterocycles. The third-order valence-corrected chi connectivity index (χ3v) is 5.72. The van der Waals surface area contributed by atoms with Crippen LogP contribution in [0.1, 0.15) is 46.8 Å². The summed E-state index contributed by atoms with van der Waals surface area (Å²) in [6, 6.07) is 7.00. The minimum Gasteiger partial charge on any atom is -0.508 e. The summed E-state index contributed by atoms with van der Waals surface area (Å²) in [5, 5.41) is 28.5. The SMILES string of the molecule is C.C.CCOC(=O)C(C)C(C)=O.COCCOc1cc(O)cc(O)c1.COCCOc1cc(O)cc2oc(=O)c(C)c(C)c12. The van der Waals surface area contributed by atoms with Gasteiger partial charge in [-0.15, -0.1) is 0 Å². The molecule has 3 N–H and O–H groups in total. The van der Waals surface area contributed by atoms with Crippen LogP contribution in [0.2, 0.25) is 0 Å². The second-order valence-electron chi connectivity index (χ2n) is 8.91. The van der Waals surface area contributed by atoms with Crippen molar-refractivity contribution in [2.24, 2.45) is 5.92 Å². The largest absolute Gasteiger partial charge is 0.508 e. The smallest absolute Gasteiger partial charge is 0.339 e. The molecule has 248 valence electrons. The van der Waals surface area contributed by atoms with Crippen LogP contribution in [0.3, 0.4) is 0 Å². The number of benzene rings is 2. The fourth-order valence-corrected chi connectivity index (χ4v) is 3.22. The first-order valence-corrected chi connectivity index (χ1v) is 13.1. The molecule has 12 nitrogen and oxygen atoms in total. The Kier molecular flexibility index (Phi) is 20.4. The number of carbonyl (C=O) groups is 2. The molecule has 12 heteroatoms. The van der Waals surface area contributed by atoms with Crippen molar-refractivity contribution >= 4 is 22.7 Å². The van der Waals surface area contributed by atoms with Gasteiger partial charge in [0.25, 0.3) is 0 Å². The summed E-state index contributed by atoms with van der Waals surface area (Å²) in [7, 11) is 3.15. The standard InChI is InChI=1S/C14H16O5.C9H12O4.C7H12O3.2CH4/c1-8-9(2)14(16)19-12-7-10(15)6-11(13(8)12)18-5-4-17-3;1-12-2-3-13-9-5-7(10)4-8(11)6-9;1-4-10-7(9)5(2)6(3)8;;/h6-7,15H,4-5H2,1-3H3;4-6,10-11H,2-3H2,1H3;5H,4H2,1-3H3;2*1H4. The van der Waals surface area contributed by atoms with Gasteiger partial charge in [-0.3, -0.25) is 9.59 Å². The minimum absolute atomic E-state index is 0. The van der Waals surface area contributed by atoms with Gasteiger partial charge in [0.2, 0.25) is 0 Å². The molecule has 0 aliphatic carbocycles. The maximum absolute atomic E-state index is 11.6. The normalized spacial score (nSPS) is 10.4. The van der Waals surface area contributed by atoms with Gasteiger partial charge >= 0.3 is 11.6 Å². The molecule has 0 saturated carbocycles. The van der Waals surface area contributed by atoms with Crippen LogP contribution in [0.5, 0.6) is 28.7 Å². The third-order valence-electron chi connectivity index (χ3n) is 5.72. The minimum atomic E-state index is -0.611. The van der Waals surface area contributed by atoms with Crippen LogP contribution in [0, 0.1) is 19.8 Å². The van der Waals surface area contributed by atoms with Crippen molar-refractivity contribution in [2.45, 2.75) is 49.5 Å². The van der Waals surface area contributed by atoms with Crippen LogP contribution >= 0.6 is 0 Å². The summed E-state index contributed by atoms with van der Waals surface area (Å²) >= 11 is 0. The summed E-state index contributed by atoms with van der Waals surface area (Å²) < 4.78 is 30.2. The molecule has 3 rings (SSSR count). The molecule has 0 saturated heterocycles. The maximum Gasteiger partial charge on any atom is 0.339 e. The number of rotatable bonds is 11. The molecule has 0 fully saturated rings. The van der Waals surface area contributed by atoms with Gasteiger partial charge in [-0.05, 0) is 40.2 Å². The quantitative estimate of drug-likeness (QED) is 0.109. The molecule has 0 bridgehead atoms. The van der Waals surface area contributed by atoms with Crippen LogP contribution < -0.4 is 15.1 Å². The van der Waals surface area contributed by atoms with E-state index in [0.717, 1.165) is 5.56 Å². The van der Waals surface area contributed by atoms with E-state index < -0.39 is 17.5 Å². The summed E-state index contributed by atoms with van der Waals surface area (Å²) in [4.78, 5) is 32.9. The average Bonchev–Trinajstić information content (AvgIpc) is 2.91. The fraction of sp³-hybridized carbons (Fsp3) is 0.469. The molecule has 0 spiro atoms. The second-order valence-corrected chi connectivity index (χ2v) is 8.91. The number of aryl methyl sites for hydroxylation is 1. The molecule has 0 aliphatic rings. The molecule has 3 aromatic rings. The summed E-state index contributed by atoms with van der Waals surface area (Å²) in [6.07, 6.45) is 0. The monoisotopic (exact) mass is 624 g/mol. The fourth-order valence-electron chi connectivity index (χ4n) is 3.22. The van der Waals surface area contributed by atoms with Crippen LogP contribution in [0.4, 0.5) is 0 Å². The zero-order chi connectivity index (χ0) is 31.8. The highest BCUT2D eigenvalue weighted by Gasteiger charge is 2.18. The Hall–Kier alpha value is -4.29. The molecule has 1 aromatic heterocycles. The van der Waals surface area contributed by atoms with E-state index in [2.05, 4.69) is 4.74 Å². The van der Waals surface area contributed by atoms with Crippen LogP contribution in [0.15, 0.2) is 39.5 Å². The number of aromatic hydroxyl groups is 3. The van der Waals surface area contributed by atoms with Crippen molar-refractivity contribution in [3.8, 4) is 28.7 Å². The van der Waals surface area contributed by atoms with E-state index in [-0.39, 0.29) is 37.9 Å². The van der Waals surface area contributed by atoms with Gasteiger partial charge in [0.1, 0.15) is 59.2 Å². The van der Waals surface area contributed by atoms with E-state index in [1.165, 1.54) is 37.3 Å². The van der Waals surface area contributed by atoms with Crippen molar-refractivity contribution in [2.75, 3.05) is 47.3 Å². The lowest BCUT2D eigenvalue weighted by atomic mass is 10.1. The molecular formula is C32H48O12. The summed E-state index contributed by atoms with van der Waals surface area (Å²) in [5.41, 5.74) is 1.24. The lowest BCUT2D eigenvalue weighted by molar-refractivity contribution is -0.150. The molecule has 2 aromatic carbocycles. The van der Waals surface area contributed by atoms with Gasteiger partial charge in [0, 0.05) is 50.1 Å². The molecule has 1 unspecified atom stereocenters. The molecule has 0 amide bonds. The highest BCUT2D eigenvalue weighted by molar-refractivity contribution is 5.97. The second kappa shape index (κ2) is 21.4. The van der Waals surface area contributed by atoms with Gasteiger partial charge in [0.15, 0.2) is 0 Å². The molecule has 1 atom stereocenters. The first-order chi connectivity index (χ1) is 19.9. The van der Waals surface area contributed by atoms with E-state index >= 15 is 0 Å². The van der Waals surface area contributed by atoms with Crippen LogP contribution in [0.25, 0.3) is 11.0 Å². The molecule has 1 heterocycles. The lowest BCUT2D eigenvalue weighted by Gasteiger charge is -2.12. The van der Waals surface area contributed by atoms with Gasteiger partial charge in [0.05, 0.1) is 25.2 Å². The number of fused-ring (bicyclic) bond motifs is 1. The Morgan fingerprint density at radius 2 is 1.34 bits per heavy atom. The maximum atomic E-state index is 11.6. The zero-order valence-electron chi connectivity index (χ0n) is 25.0. The highest BCUT2D eigenvalue weighted by atomic mass is 16.5. The van der Waals surface area contributed by atoms with Crippen molar-refractivity contribution in [3.63, 3.8) is 0 Å². The van der Waals surface area contributed by atoms with E-state index in [1.54, 1.807) is 35.0 Å². The third kappa shape index (κ3) is 13.8. The number of hydrogen-bond donors (Lipinski definition) is 3. The Morgan fingerprint density at radius 3 is 1.84 bits per heavy atom. The first-order valence-electron chi connectivity index (χ1n) is 13.1. The zero-order valence-corrected chi connectivity index (χ0v) is 25.0. The highest BCUT2D eigenvalue weighted by Crippen LogP contribution is 2.33. The van der Waals surface area contributed by atoms with Gasteiger partial charge in [-0.2, -0.15) is 0 Å². The molecular weight excluding hydrogens is 576 g/mol. The number of carbonyl (C=O) groups excluding carboxylic acids is 2. The van der Waals surface area contributed by atoms with Gasteiger partial charge < -0.3 is 43.4 Å². The number of ketones is 1. The van der Waals surface area contributed by atoms with Gasteiger partial charge in [-0.1, -0.05) is 14.9 Å². The van der Waals surface area contributed by atoms with Crippen molar-refractivity contribution in [1.29, 1.82) is 0 Å². The van der Waals surface area contributed by atoms with E-state index in [9.17, 15) is 19.5 Å². The van der Waals surface area contributed by atoms with Crippen molar-refractivity contribution in [1.82, 2.24) is 0 Å². The number of Topliss-reactive ketones (excluding diaryl/α,β-unsaturated/α-hetero) is 1. The van der Waals surface area contributed by atoms with Crippen LogP contribution in [-0.2, 0) is 23.8 Å². The number of methoxy groups -OCH3 is 2. The summed E-state index contributed by atoms with van der Waals surface area (Å²) in [6.45, 7) is 10.1. The van der Waals surface area contributed by atoms with Gasteiger partial charge in [-0.25, -0.2) is 4.79 Å². The topological polar surface area (TPSA) is 171 Å². The lowest BCUT2D eigenvalue weighted by Crippen LogP contribution is -2.20. The number of phenolic OH excluding ortho intramolecular Hbond substituents is 3. The predicted octanol–water partition coefficient (Wildman–Crippen LogP) is 5.31. The number of phenols is 3. The number of hydrogen-bond acceptors (Lipinski definition) is 12. The number of esters is 1. The number of ether oxygens (including phenoxy) is 5. The Balaban J connectivity index is 0. The van der Waals surface area contributed by atoms with E-state index in [4.69, 9.17) is 33.6 Å². The Labute approximate surface area is 259 Å². The Morgan fingerprint density at radius 1 is 0.818 bits per heavy atom. The predicted molar refractivity (Wildman–Crippen MR) is 168 cm³/mol. The molecule has 0 radical (unpaired) electrons.